The first-order valence-electron chi connectivity index (χ1n) is 9.05. The summed E-state index contributed by atoms with van der Waals surface area (Å²) in [5, 5.41) is 10.4. The molecule has 8 heteroatoms. The number of H-pyrrole nitrogens is 1. The minimum absolute atomic E-state index is 0.0634. The molecule has 1 aliphatic carbocycles. The van der Waals surface area contributed by atoms with Crippen molar-refractivity contribution in [2.75, 3.05) is 0 Å². The smallest absolute Gasteiger partial charge is 0.331 e. The van der Waals surface area contributed by atoms with Crippen LogP contribution in [-0.2, 0) is 13.0 Å². The van der Waals surface area contributed by atoms with E-state index in [2.05, 4.69) is 9.98 Å². The van der Waals surface area contributed by atoms with Crippen molar-refractivity contribution < 1.29 is 9.50 Å². The van der Waals surface area contributed by atoms with Gasteiger partial charge in [-0.15, -0.1) is 0 Å². The van der Waals surface area contributed by atoms with Crippen molar-refractivity contribution in [1.29, 1.82) is 0 Å². The highest BCUT2D eigenvalue weighted by molar-refractivity contribution is 5.82. The van der Waals surface area contributed by atoms with Crippen LogP contribution in [0.25, 0.3) is 0 Å². The van der Waals surface area contributed by atoms with Crippen molar-refractivity contribution in [1.82, 2.24) is 9.55 Å². The van der Waals surface area contributed by atoms with Crippen LogP contribution in [0.3, 0.4) is 0 Å². The molecule has 0 aliphatic heterocycles. The molecular formula is C19H23FN4O3. The zero-order valence-electron chi connectivity index (χ0n) is 14.9. The molecule has 144 valence electrons. The maximum Gasteiger partial charge on any atom is 0.331 e. The van der Waals surface area contributed by atoms with Gasteiger partial charge in [-0.3, -0.25) is 19.3 Å². The second-order valence-electron chi connectivity index (χ2n) is 6.82. The summed E-state index contributed by atoms with van der Waals surface area (Å²) >= 11 is 0. The lowest BCUT2D eigenvalue weighted by molar-refractivity contribution is 0.386. The van der Waals surface area contributed by atoms with Crippen molar-refractivity contribution in [3.8, 4) is 5.88 Å². The quantitative estimate of drug-likeness (QED) is 0.685. The average Bonchev–Trinajstić information content (AvgIpc) is 2.64. The Morgan fingerprint density at radius 2 is 1.96 bits per heavy atom. The standard InChI is InChI=1S/C19H23FN4O3/c20-13-7-5-12(6-8-13)9-10-24-18(26)14(17(25)23-19(24)27)11-22-16-4-2-1-3-15(16)21/h5-8,11,15-16,26H,1-4,9-10,21H2,(H,23,25,27)/t15-,16+/m1/s1. The first kappa shape index (κ1) is 19.0. The summed E-state index contributed by atoms with van der Waals surface area (Å²) in [4.78, 5) is 30.7. The maximum absolute atomic E-state index is 13.0. The molecule has 2 aromatic rings. The summed E-state index contributed by atoms with van der Waals surface area (Å²) in [6, 6.07) is 5.70. The number of nitrogens with one attached hydrogen (secondary N) is 1. The van der Waals surface area contributed by atoms with E-state index in [0.29, 0.717) is 6.42 Å². The lowest BCUT2D eigenvalue weighted by Gasteiger charge is -2.24. The summed E-state index contributed by atoms with van der Waals surface area (Å²) in [6.07, 6.45) is 5.49. The highest BCUT2D eigenvalue weighted by Crippen LogP contribution is 2.20. The summed E-state index contributed by atoms with van der Waals surface area (Å²) in [5.74, 6) is -0.777. The topological polar surface area (TPSA) is 113 Å². The molecule has 27 heavy (non-hydrogen) atoms. The molecule has 0 saturated heterocycles. The van der Waals surface area contributed by atoms with Gasteiger partial charge in [0.25, 0.3) is 5.56 Å². The third kappa shape index (κ3) is 4.51. The number of hydrogen-bond acceptors (Lipinski definition) is 5. The molecule has 7 nitrogen and oxygen atoms in total. The third-order valence-electron chi connectivity index (χ3n) is 4.92. The van der Waals surface area contributed by atoms with Gasteiger partial charge in [-0.1, -0.05) is 25.0 Å². The van der Waals surface area contributed by atoms with Crippen molar-refractivity contribution in [3.05, 3.63) is 62.0 Å². The number of aromatic hydroxyl groups is 1. The number of nitrogens with zero attached hydrogens (tertiary/aromatic N) is 2. The van der Waals surface area contributed by atoms with Crippen LogP contribution in [-0.4, -0.2) is 33.0 Å². The van der Waals surface area contributed by atoms with Gasteiger partial charge in [-0.2, -0.15) is 0 Å². The molecule has 1 fully saturated rings. The van der Waals surface area contributed by atoms with Crippen molar-refractivity contribution in [2.45, 2.75) is 50.7 Å². The Bertz CT molecular complexity index is 933. The minimum Gasteiger partial charge on any atom is -0.494 e. The Balaban J connectivity index is 1.83. The lowest BCUT2D eigenvalue weighted by atomic mass is 9.91. The van der Waals surface area contributed by atoms with Crippen LogP contribution in [0.15, 0.2) is 38.8 Å². The summed E-state index contributed by atoms with van der Waals surface area (Å²) in [5.41, 5.74) is 5.40. The van der Waals surface area contributed by atoms with Crippen LogP contribution < -0.4 is 17.0 Å². The van der Waals surface area contributed by atoms with E-state index in [1.165, 1.54) is 18.3 Å². The van der Waals surface area contributed by atoms with Gasteiger partial charge in [0.05, 0.1) is 6.04 Å². The zero-order chi connectivity index (χ0) is 19.4. The number of halogens is 1. The Morgan fingerprint density at radius 3 is 2.67 bits per heavy atom. The van der Waals surface area contributed by atoms with E-state index >= 15 is 0 Å². The molecule has 0 radical (unpaired) electrons. The fraction of sp³-hybridized carbons (Fsp3) is 0.421. The minimum atomic E-state index is -0.703. The van der Waals surface area contributed by atoms with Crippen molar-refractivity contribution in [3.63, 3.8) is 0 Å². The Morgan fingerprint density at radius 1 is 1.26 bits per heavy atom. The molecule has 0 bridgehead atoms. The predicted molar refractivity (Wildman–Crippen MR) is 101 cm³/mol. The van der Waals surface area contributed by atoms with Gasteiger partial charge in [-0.05, 0) is 37.0 Å². The van der Waals surface area contributed by atoms with Gasteiger partial charge in [0.2, 0.25) is 5.88 Å². The number of aromatic nitrogens is 2. The van der Waals surface area contributed by atoms with Crippen LogP contribution in [0.1, 0.15) is 36.8 Å². The van der Waals surface area contributed by atoms with Gasteiger partial charge in [0.15, 0.2) is 0 Å². The number of aryl methyl sites for hydroxylation is 1. The van der Waals surface area contributed by atoms with E-state index in [0.717, 1.165) is 35.8 Å². The Hall–Kier alpha value is -2.74. The SMILES string of the molecule is N[C@@H]1CCCC[C@@H]1N=Cc1c(O)n(CCc2ccc(F)cc2)c(=O)[nH]c1=O. The molecular weight excluding hydrogens is 351 g/mol. The van der Waals surface area contributed by atoms with Gasteiger partial charge >= 0.3 is 5.69 Å². The van der Waals surface area contributed by atoms with E-state index < -0.39 is 17.1 Å². The molecule has 4 N–H and O–H groups in total. The highest BCUT2D eigenvalue weighted by Gasteiger charge is 2.21. The van der Waals surface area contributed by atoms with Crippen molar-refractivity contribution >= 4 is 6.21 Å². The van der Waals surface area contributed by atoms with E-state index in [1.807, 2.05) is 0 Å². The number of hydrogen-bond donors (Lipinski definition) is 3. The highest BCUT2D eigenvalue weighted by atomic mass is 19.1. The first-order chi connectivity index (χ1) is 13.0. The first-order valence-corrected chi connectivity index (χ1v) is 9.05. The fourth-order valence-corrected chi connectivity index (χ4v) is 3.29. The van der Waals surface area contributed by atoms with Gasteiger partial charge in [0, 0.05) is 18.8 Å². The fourth-order valence-electron chi connectivity index (χ4n) is 3.29. The second-order valence-corrected chi connectivity index (χ2v) is 6.82. The van der Waals surface area contributed by atoms with E-state index in [-0.39, 0.29) is 30.0 Å². The largest absolute Gasteiger partial charge is 0.494 e. The van der Waals surface area contributed by atoms with E-state index in [9.17, 15) is 19.1 Å². The van der Waals surface area contributed by atoms with E-state index in [1.54, 1.807) is 12.1 Å². The molecule has 1 saturated carbocycles. The van der Waals surface area contributed by atoms with Gasteiger partial charge in [0.1, 0.15) is 11.4 Å². The molecule has 3 rings (SSSR count). The number of nitrogens with two attached hydrogens (primary N) is 1. The molecule has 1 heterocycles. The van der Waals surface area contributed by atoms with E-state index in [4.69, 9.17) is 5.73 Å². The summed E-state index contributed by atoms with van der Waals surface area (Å²) < 4.78 is 14.1. The number of aliphatic imine (C=N–C) groups is 1. The third-order valence-corrected chi connectivity index (χ3v) is 4.92. The molecule has 1 aromatic heterocycles. The molecule has 0 unspecified atom stereocenters. The van der Waals surface area contributed by atoms with Crippen LogP contribution in [0, 0.1) is 5.82 Å². The van der Waals surface area contributed by atoms with Crippen LogP contribution in [0.4, 0.5) is 4.39 Å². The van der Waals surface area contributed by atoms with Gasteiger partial charge < -0.3 is 10.8 Å². The Kier molecular flexibility index (Phi) is 5.85. The second kappa shape index (κ2) is 8.30. The molecule has 0 amide bonds. The molecule has 2 atom stereocenters. The van der Waals surface area contributed by atoms with Crippen molar-refractivity contribution in [2.24, 2.45) is 10.7 Å². The molecule has 1 aliphatic rings. The number of aromatic amines is 1. The Labute approximate surface area is 155 Å². The monoisotopic (exact) mass is 374 g/mol. The normalized spacial score (nSPS) is 20.2. The predicted octanol–water partition coefficient (Wildman–Crippen LogP) is 1.31. The number of rotatable bonds is 5. The van der Waals surface area contributed by atoms with Crippen LogP contribution in [0.5, 0.6) is 5.88 Å². The van der Waals surface area contributed by atoms with Gasteiger partial charge in [-0.25, -0.2) is 9.18 Å². The molecule has 0 spiro atoms. The number of benzene rings is 1. The van der Waals surface area contributed by atoms with Crippen LogP contribution in [0.2, 0.25) is 0 Å². The van der Waals surface area contributed by atoms with Crippen LogP contribution >= 0.6 is 0 Å². The summed E-state index contributed by atoms with van der Waals surface area (Å²) in [7, 11) is 0. The lowest BCUT2D eigenvalue weighted by Crippen LogP contribution is -2.37. The maximum atomic E-state index is 13.0. The zero-order valence-corrected chi connectivity index (χ0v) is 14.9. The average molecular weight is 374 g/mol. The summed E-state index contributed by atoms with van der Waals surface area (Å²) in [6.45, 7) is 0.136. The molecule has 1 aromatic carbocycles.